The Hall–Kier alpha value is -6.69. The van der Waals surface area contributed by atoms with E-state index in [2.05, 4.69) is 182 Å². The summed E-state index contributed by atoms with van der Waals surface area (Å²) in [6.45, 7) is 9.04. The maximum atomic E-state index is 15.0. The zero-order valence-electron chi connectivity index (χ0n) is 47.1. The zero-order valence-corrected chi connectivity index (χ0v) is 47.9. The molecule has 0 bridgehead atoms. The van der Waals surface area contributed by atoms with Crippen molar-refractivity contribution in [2.75, 3.05) is 0 Å². The van der Waals surface area contributed by atoms with Crippen molar-refractivity contribution in [1.82, 2.24) is 9.13 Å². The first-order valence-corrected chi connectivity index (χ1v) is 31.7. The minimum absolute atomic E-state index is 0.591. The van der Waals surface area contributed by atoms with Crippen LogP contribution in [0.25, 0.3) is 88.4 Å². The van der Waals surface area contributed by atoms with Crippen LogP contribution in [-0.4, -0.2) is 13.3 Å². The molecule has 400 valence electrons. The summed E-state index contributed by atoms with van der Waals surface area (Å²) in [7, 11) is -3.31. The van der Waals surface area contributed by atoms with Crippen LogP contribution in [-0.2, 0) is 29.0 Å². The second kappa shape index (κ2) is 24.1. The van der Waals surface area contributed by atoms with Gasteiger partial charge in [-0.2, -0.15) is 0 Å². The first kappa shape index (κ1) is 53.3. The number of aromatic nitrogens is 2. The second-order valence-electron chi connectivity index (χ2n) is 22.9. The average molecular weight is 1050 g/mol. The standard InChI is InChI=1S/C73H81N3OS/c1-5-8-11-14-17-20-25-53-33-41-69-65(45-53)64-44-52(4)32-40-68(64)75(69)60-30-23-28-56(48-60)58-36-38-62-63-39-37-59(51-73(63)78(74,77)72(62)50-58)57-29-24-31-61(49-57)76-70-42-34-54(26-21-18-15-12-9-6-2)46-66(70)67-47-55(35-43-71(67)76)27-22-19-16-13-10-7-3/h23-24,28-51,74H,5-22,25-27H2,1-4H3. The van der Waals surface area contributed by atoms with Gasteiger partial charge in [-0.05, 0) is 169 Å². The van der Waals surface area contributed by atoms with Gasteiger partial charge >= 0.3 is 0 Å². The summed E-state index contributed by atoms with van der Waals surface area (Å²) in [6.07, 6.45) is 26.7. The molecule has 3 heterocycles. The first-order chi connectivity index (χ1) is 38.2. The van der Waals surface area contributed by atoms with Crippen molar-refractivity contribution in [3.05, 3.63) is 180 Å². The van der Waals surface area contributed by atoms with Crippen molar-refractivity contribution in [1.29, 1.82) is 4.78 Å². The number of fused-ring (bicyclic) bond motifs is 9. The van der Waals surface area contributed by atoms with Crippen molar-refractivity contribution in [3.8, 4) is 44.8 Å². The molecule has 10 aromatic rings. The smallest absolute Gasteiger partial charge is 0.102 e. The topological polar surface area (TPSA) is 50.8 Å². The highest BCUT2D eigenvalue weighted by Crippen LogP contribution is 2.47. The number of nitrogens with zero attached hydrogens (tertiary/aromatic N) is 2. The normalized spacial score (nSPS) is 14.1. The van der Waals surface area contributed by atoms with Gasteiger partial charge in [-0.3, -0.25) is 0 Å². The first-order valence-electron chi connectivity index (χ1n) is 30.1. The van der Waals surface area contributed by atoms with E-state index in [9.17, 15) is 4.78 Å². The molecule has 0 saturated carbocycles. The van der Waals surface area contributed by atoms with Gasteiger partial charge in [0.15, 0.2) is 0 Å². The van der Waals surface area contributed by atoms with Crippen LogP contribution in [0.2, 0.25) is 0 Å². The molecule has 2 aromatic heterocycles. The highest BCUT2D eigenvalue weighted by atomic mass is 32.2. The van der Waals surface area contributed by atoms with Gasteiger partial charge in [-0.1, -0.05) is 195 Å². The van der Waals surface area contributed by atoms with Gasteiger partial charge in [-0.15, -0.1) is 0 Å². The molecule has 1 atom stereocenters. The van der Waals surface area contributed by atoms with Crippen LogP contribution in [0.3, 0.4) is 0 Å². The SMILES string of the molecule is CCCCCCCCc1ccc2c(c1)c1cc(C)ccc1n2-c1cccc(-c2ccc3c(c2)S(=N)(=O)c2cc(-c4cccc(-n5c6ccc(CCCCCCCC)cc6c6cc(CCCCCCCC)ccc65)c4)ccc2-3)c1. The van der Waals surface area contributed by atoms with Gasteiger partial charge in [0.1, 0.15) is 9.73 Å². The quantitative estimate of drug-likeness (QED) is 0.0570. The molecule has 11 rings (SSSR count). The minimum Gasteiger partial charge on any atom is -0.309 e. The fourth-order valence-corrected chi connectivity index (χ4v) is 14.5. The molecule has 0 spiro atoms. The third-order valence-electron chi connectivity index (χ3n) is 17.1. The van der Waals surface area contributed by atoms with Gasteiger partial charge in [0, 0.05) is 44.0 Å². The lowest BCUT2D eigenvalue weighted by Crippen LogP contribution is -1.97. The third kappa shape index (κ3) is 11.0. The van der Waals surface area contributed by atoms with E-state index in [1.807, 2.05) is 12.1 Å². The van der Waals surface area contributed by atoms with Crippen molar-refractivity contribution in [2.24, 2.45) is 0 Å². The molecule has 5 heteroatoms. The maximum Gasteiger partial charge on any atom is 0.102 e. The van der Waals surface area contributed by atoms with Crippen molar-refractivity contribution in [3.63, 3.8) is 0 Å². The average Bonchev–Trinajstić information content (AvgIpc) is 4.25. The Morgan fingerprint density at radius 1 is 0.359 bits per heavy atom. The molecule has 0 amide bonds. The number of unbranched alkanes of at least 4 members (excludes halogenated alkanes) is 15. The molecule has 1 N–H and O–H groups in total. The van der Waals surface area contributed by atoms with E-state index in [-0.39, 0.29) is 0 Å². The summed E-state index contributed by atoms with van der Waals surface area (Å²) in [5.74, 6) is 0. The lowest BCUT2D eigenvalue weighted by Gasteiger charge is -2.12. The van der Waals surface area contributed by atoms with Crippen LogP contribution >= 0.6 is 0 Å². The number of hydrogen-bond acceptors (Lipinski definition) is 2. The van der Waals surface area contributed by atoms with E-state index in [4.69, 9.17) is 0 Å². The third-order valence-corrected chi connectivity index (χ3v) is 19.0. The van der Waals surface area contributed by atoms with Gasteiger partial charge in [0.2, 0.25) is 0 Å². The summed E-state index contributed by atoms with van der Waals surface area (Å²) < 4.78 is 29.5. The van der Waals surface area contributed by atoms with Crippen LogP contribution in [0, 0.1) is 11.7 Å². The number of benzene rings is 8. The van der Waals surface area contributed by atoms with Crippen molar-refractivity contribution >= 4 is 53.3 Å². The molecule has 8 aromatic carbocycles. The van der Waals surface area contributed by atoms with Crippen LogP contribution in [0.15, 0.2) is 168 Å². The Bertz CT molecular complexity index is 3800. The van der Waals surface area contributed by atoms with Crippen molar-refractivity contribution in [2.45, 2.75) is 172 Å². The largest absolute Gasteiger partial charge is 0.309 e. The van der Waals surface area contributed by atoms with Crippen molar-refractivity contribution < 1.29 is 4.21 Å². The highest BCUT2D eigenvalue weighted by Gasteiger charge is 2.31. The van der Waals surface area contributed by atoms with Gasteiger partial charge in [0.05, 0.1) is 31.9 Å². The van der Waals surface area contributed by atoms with Crippen LogP contribution < -0.4 is 0 Å². The molecular formula is C73H81N3OS. The fraction of sp³-hybridized carbons (Fsp3) is 0.342. The molecule has 1 unspecified atom stereocenters. The second-order valence-corrected chi connectivity index (χ2v) is 24.9. The molecule has 0 saturated heterocycles. The van der Waals surface area contributed by atoms with E-state index >= 15 is 4.21 Å². The van der Waals surface area contributed by atoms with Crippen LogP contribution in [0.4, 0.5) is 0 Å². The zero-order chi connectivity index (χ0) is 53.6. The van der Waals surface area contributed by atoms with E-state index < -0.39 is 9.73 Å². The van der Waals surface area contributed by atoms with Gasteiger partial charge < -0.3 is 9.13 Å². The van der Waals surface area contributed by atoms with Crippen LogP contribution in [0.5, 0.6) is 0 Å². The monoisotopic (exact) mass is 1050 g/mol. The fourth-order valence-electron chi connectivity index (χ4n) is 12.7. The Balaban J connectivity index is 0.877. The summed E-state index contributed by atoms with van der Waals surface area (Å²) in [6, 6.07) is 58.3. The van der Waals surface area contributed by atoms with Crippen LogP contribution in [0.1, 0.15) is 159 Å². The molecule has 1 aliphatic heterocycles. The maximum absolute atomic E-state index is 15.0. The Morgan fingerprint density at radius 3 is 1.10 bits per heavy atom. The predicted octanol–water partition coefficient (Wildman–Crippen LogP) is 21.7. The van der Waals surface area contributed by atoms with E-state index in [1.165, 1.54) is 181 Å². The molecule has 78 heavy (non-hydrogen) atoms. The van der Waals surface area contributed by atoms with Gasteiger partial charge in [-0.25, -0.2) is 8.99 Å². The molecule has 4 nitrogen and oxygen atoms in total. The minimum atomic E-state index is -3.31. The number of aryl methyl sites for hydroxylation is 4. The summed E-state index contributed by atoms with van der Waals surface area (Å²) in [5.41, 5.74) is 18.3. The van der Waals surface area contributed by atoms with E-state index in [1.54, 1.807) is 0 Å². The summed E-state index contributed by atoms with van der Waals surface area (Å²) >= 11 is 0. The molecule has 0 aliphatic carbocycles. The lowest BCUT2D eigenvalue weighted by molar-refractivity contribution is 0.607. The molecule has 0 fully saturated rings. The predicted molar refractivity (Wildman–Crippen MR) is 335 cm³/mol. The summed E-state index contributed by atoms with van der Waals surface area (Å²) in [4.78, 5) is 1.18. The molecule has 0 radical (unpaired) electrons. The Labute approximate surface area is 465 Å². The Kier molecular flexibility index (Phi) is 16.5. The van der Waals surface area contributed by atoms with E-state index in [0.717, 1.165) is 64.0 Å². The number of nitrogens with one attached hydrogen (secondary N) is 1. The Morgan fingerprint density at radius 2 is 0.705 bits per heavy atom. The highest BCUT2D eigenvalue weighted by molar-refractivity contribution is 7.93. The van der Waals surface area contributed by atoms with E-state index in [0.29, 0.717) is 9.79 Å². The number of rotatable bonds is 25. The molecule has 1 aliphatic rings. The molecular weight excluding hydrogens is 967 g/mol. The summed E-state index contributed by atoms with van der Waals surface area (Å²) in [5, 5.41) is 5.23. The van der Waals surface area contributed by atoms with Gasteiger partial charge in [0.25, 0.3) is 0 Å². The lowest BCUT2D eigenvalue weighted by atomic mass is 9.97. The number of hydrogen-bond donors (Lipinski definition) is 1.